The molecule has 2 heterocycles. The number of carbonyl (C=O) groups is 2. The Labute approximate surface area is 152 Å². The fraction of sp³-hybridized carbons (Fsp3) is 0.118. The minimum absolute atomic E-state index is 0.204. The van der Waals surface area contributed by atoms with Crippen LogP contribution in [0.1, 0.15) is 10.4 Å². The van der Waals surface area contributed by atoms with Gasteiger partial charge in [-0.2, -0.15) is 5.10 Å². The maximum absolute atomic E-state index is 12.5. The summed E-state index contributed by atoms with van der Waals surface area (Å²) in [5, 5.41) is 6.88. The first-order valence-corrected chi connectivity index (χ1v) is 8.22. The SMILES string of the molecule is COC(=O)CNC(=O)c1cnn(-c2ccc(Br)cc2)c1-n1cccc1. The van der Waals surface area contributed by atoms with Gasteiger partial charge >= 0.3 is 5.97 Å². The highest BCUT2D eigenvalue weighted by molar-refractivity contribution is 9.10. The average Bonchev–Trinajstić information content (AvgIpc) is 3.29. The Balaban J connectivity index is 2.00. The van der Waals surface area contributed by atoms with Crippen molar-refractivity contribution >= 4 is 27.8 Å². The summed E-state index contributed by atoms with van der Waals surface area (Å²) in [6.07, 6.45) is 5.12. The summed E-state index contributed by atoms with van der Waals surface area (Å²) in [4.78, 5) is 23.7. The zero-order valence-electron chi connectivity index (χ0n) is 13.3. The van der Waals surface area contributed by atoms with Gasteiger partial charge in [0.2, 0.25) is 0 Å². The molecule has 1 aromatic carbocycles. The third-order valence-electron chi connectivity index (χ3n) is 3.53. The Morgan fingerprint density at radius 1 is 1.20 bits per heavy atom. The highest BCUT2D eigenvalue weighted by Crippen LogP contribution is 2.21. The number of hydrogen-bond acceptors (Lipinski definition) is 4. The van der Waals surface area contributed by atoms with E-state index in [2.05, 4.69) is 31.1 Å². The quantitative estimate of drug-likeness (QED) is 0.664. The Morgan fingerprint density at radius 3 is 2.52 bits per heavy atom. The molecular formula is C17H15BrN4O3. The lowest BCUT2D eigenvalue weighted by Gasteiger charge is -2.11. The molecule has 0 aliphatic rings. The number of amides is 1. The van der Waals surface area contributed by atoms with Gasteiger partial charge in [0.25, 0.3) is 5.91 Å². The molecule has 1 N–H and O–H groups in total. The minimum atomic E-state index is -0.517. The van der Waals surface area contributed by atoms with Crippen molar-refractivity contribution in [3.8, 4) is 11.5 Å². The van der Waals surface area contributed by atoms with E-state index < -0.39 is 11.9 Å². The van der Waals surface area contributed by atoms with Crippen LogP contribution in [0.25, 0.3) is 11.5 Å². The van der Waals surface area contributed by atoms with E-state index in [4.69, 9.17) is 0 Å². The molecular weight excluding hydrogens is 388 g/mol. The van der Waals surface area contributed by atoms with Crippen LogP contribution < -0.4 is 5.32 Å². The Morgan fingerprint density at radius 2 is 1.88 bits per heavy atom. The smallest absolute Gasteiger partial charge is 0.325 e. The van der Waals surface area contributed by atoms with Gasteiger partial charge < -0.3 is 14.6 Å². The minimum Gasteiger partial charge on any atom is -0.468 e. The van der Waals surface area contributed by atoms with Crippen molar-refractivity contribution < 1.29 is 14.3 Å². The van der Waals surface area contributed by atoms with Gasteiger partial charge in [-0.15, -0.1) is 0 Å². The number of nitrogens with zero attached hydrogens (tertiary/aromatic N) is 3. The molecule has 0 radical (unpaired) electrons. The molecule has 0 bridgehead atoms. The molecule has 0 atom stereocenters. The average molecular weight is 403 g/mol. The van der Waals surface area contributed by atoms with Crippen LogP contribution in [0.4, 0.5) is 0 Å². The molecule has 3 rings (SSSR count). The third-order valence-corrected chi connectivity index (χ3v) is 4.06. The van der Waals surface area contributed by atoms with E-state index in [1.54, 1.807) is 9.25 Å². The van der Waals surface area contributed by atoms with Gasteiger partial charge in [-0.3, -0.25) is 9.59 Å². The summed E-state index contributed by atoms with van der Waals surface area (Å²) in [5.41, 5.74) is 1.15. The predicted octanol–water partition coefficient (Wildman–Crippen LogP) is 2.33. The van der Waals surface area contributed by atoms with Crippen LogP contribution in [-0.4, -0.2) is 39.9 Å². The lowest BCUT2D eigenvalue weighted by molar-refractivity contribution is -0.139. The van der Waals surface area contributed by atoms with Gasteiger partial charge in [-0.05, 0) is 36.4 Å². The molecule has 0 fully saturated rings. The third kappa shape index (κ3) is 3.63. The van der Waals surface area contributed by atoms with Crippen molar-refractivity contribution in [3.05, 3.63) is 65.0 Å². The monoisotopic (exact) mass is 402 g/mol. The van der Waals surface area contributed by atoms with Crippen LogP contribution in [0.3, 0.4) is 0 Å². The summed E-state index contributed by atoms with van der Waals surface area (Å²) in [5.74, 6) is -0.344. The molecule has 0 aliphatic carbocycles. The van der Waals surface area contributed by atoms with E-state index >= 15 is 0 Å². The van der Waals surface area contributed by atoms with Crippen LogP contribution in [0, 0.1) is 0 Å². The topological polar surface area (TPSA) is 78.2 Å². The molecule has 7 nitrogen and oxygen atoms in total. The van der Waals surface area contributed by atoms with Crippen LogP contribution >= 0.6 is 15.9 Å². The number of esters is 1. The fourth-order valence-corrected chi connectivity index (χ4v) is 2.58. The van der Waals surface area contributed by atoms with E-state index in [-0.39, 0.29) is 6.54 Å². The molecule has 2 aromatic heterocycles. The molecule has 0 spiro atoms. The standard InChI is InChI=1S/C17H15BrN4O3/c1-25-15(23)11-19-16(24)14-10-20-22(13-6-4-12(18)5-7-13)17(14)21-8-2-3-9-21/h2-10H,11H2,1H3,(H,19,24). The van der Waals surface area contributed by atoms with Crippen LogP contribution in [0.5, 0.6) is 0 Å². The molecule has 0 saturated heterocycles. The van der Waals surface area contributed by atoms with Crippen molar-refractivity contribution in [2.45, 2.75) is 0 Å². The number of rotatable bonds is 5. The van der Waals surface area contributed by atoms with Crippen molar-refractivity contribution in [3.63, 3.8) is 0 Å². The van der Waals surface area contributed by atoms with Gasteiger partial charge in [0.15, 0.2) is 5.82 Å². The number of hydrogen-bond donors (Lipinski definition) is 1. The first-order valence-electron chi connectivity index (χ1n) is 7.42. The highest BCUT2D eigenvalue weighted by Gasteiger charge is 2.20. The molecule has 3 aromatic rings. The number of nitrogens with one attached hydrogen (secondary N) is 1. The molecule has 25 heavy (non-hydrogen) atoms. The van der Waals surface area contributed by atoms with Crippen molar-refractivity contribution in [2.75, 3.05) is 13.7 Å². The fourth-order valence-electron chi connectivity index (χ4n) is 2.32. The second-order valence-corrected chi connectivity index (χ2v) is 6.03. The number of carbonyl (C=O) groups excluding carboxylic acids is 2. The highest BCUT2D eigenvalue weighted by atomic mass is 79.9. The lowest BCUT2D eigenvalue weighted by atomic mass is 10.2. The summed E-state index contributed by atoms with van der Waals surface area (Å²) in [6, 6.07) is 11.3. The second kappa shape index (κ2) is 7.35. The van der Waals surface area contributed by atoms with Crippen LogP contribution in [-0.2, 0) is 9.53 Å². The van der Waals surface area contributed by atoms with E-state index in [9.17, 15) is 9.59 Å². The van der Waals surface area contributed by atoms with E-state index in [0.29, 0.717) is 11.4 Å². The van der Waals surface area contributed by atoms with Gasteiger partial charge in [0.05, 0.1) is 19.0 Å². The summed E-state index contributed by atoms with van der Waals surface area (Å²) in [6.45, 7) is -0.204. The summed E-state index contributed by atoms with van der Waals surface area (Å²) in [7, 11) is 1.27. The first kappa shape index (κ1) is 17.0. The van der Waals surface area contributed by atoms with E-state index in [0.717, 1.165) is 10.2 Å². The van der Waals surface area contributed by atoms with Gasteiger partial charge in [-0.1, -0.05) is 15.9 Å². The van der Waals surface area contributed by atoms with Crippen LogP contribution in [0.2, 0.25) is 0 Å². The zero-order chi connectivity index (χ0) is 17.8. The molecule has 128 valence electrons. The Bertz CT molecular complexity index is 885. The molecule has 0 unspecified atom stereocenters. The van der Waals surface area contributed by atoms with Crippen LogP contribution in [0.15, 0.2) is 59.5 Å². The molecule has 0 saturated carbocycles. The Kier molecular flexibility index (Phi) is 4.99. The number of benzene rings is 1. The van der Waals surface area contributed by atoms with E-state index in [1.165, 1.54) is 13.3 Å². The first-order chi connectivity index (χ1) is 12.1. The van der Waals surface area contributed by atoms with Crippen molar-refractivity contribution in [2.24, 2.45) is 0 Å². The molecule has 8 heteroatoms. The lowest BCUT2D eigenvalue weighted by Crippen LogP contribution is -2.30. The number of ether oxygens (including phenoxy) is 1. The van der Waals surface area contributed by atoms with Gasteiger partial charge in [-0.25, -0.2) is 4.68 Å². The number of aromatic nitrogens is 3. The second-order valence-electron chi connectivity index (χ2n) is 5.12. The zero-order valence-corrected chi connectivity index (χ0v) is 14.9. The summed E-state index contributed by atoms with van der Waals surface area (Å²) >= 11 is 3.40. The normalized spacial score (nSPS) is 10.5. The van der Waals surface area contributed by atoms with Gasteiger partial charge in [0, 0.05) is 16.9 Å². The predicted molar refractivity (Wildman–Crippen MR) is 94.9 cm³/mol. The van der Waals surface area contributed by atoms with Crippen molar-refractivity contribution in [1.82, 2.24) is 19.7 Å². The number of methoxy groups -OCH3 is 1. The molecule has 1 amide bonds. The molecule has 0 aliphatic heterocycles. The van der Waals surface area contributed by atoms with Crippen molar-refractivity contribution in [1.29, 1.82) is 0 Å². The Hall–Kier alpha value is -2.87. The maximum atomic E-state index is 12.5. The number of halogens is 1. The maximum Gasteiger partial charge on any atom is 0.325 e. The van der Waals surface area contributed by atoms with Gasteiger partial charge in [0.1, 0.15) is 12.1 Å². The van der Waals surface area contributed by atoms with E-state index in [1.807, 2.05) is 48.8 Å². The largest absolute Gasteiger partial charge is 0.468 e. The summed E-state index contributed by atoms with van der Waals surface area (Å²) < 4.78 is 8.95.